The molecule has 0 aromatic heterocycles. The maximum Gasteiger partial charge on any atom is 0.133 e. The molecule has 1 nitrogen and oxygen atoms in total. The lowest BCUT2D eigenvalue weighted by atomic mass is 9.85. The van der Waals surface area contributed by atoms with Crippen LogP contribution in [0, 0.1) is 12.3 Å². The van der Waals surface area contributed by atoms with Gasteiger partial charge in [-0.05, 0) is 89.2 Å². The molecule has 31 heavy (non-hydrogen) atoms. The number of hydrogen-bond donors (Lipinski definition) is 0. The van der Waals surface area contributed by atoms with Crippen molar-refractivity contribution in [1.29, 1.82) is 0 Å². The minimum atomic E-state index is 0.805. The zero-order valence-corrected chi connectivity index (χ0v) is 21.0. The van der Waals surface area contributed by atoms with Crippen molar-refractivity contribution in [2.24, 2.45) is 5.92 Å². The largest absolute Gasteiger partial charge is 0.492 e. The lowest BCUT2D eigenvalue weighted by molar-refractivity contribution is 0.302. The zero-order chi connectivity index (χ0) is 21.7. The van der Waals surface area contributed by atoms with Crippen LogP contribution in [0.3, 0.4) is 0 Å². The van der Waals surface area contributed by atoms with E-state index >= 15 is 0 Å². The summed E-state index contributed by atoms with van der Waals surface area (Å²) in [5.74, 6) is 1.88. The van der Waals surface area contributed by atoms with Crippen LogP contribution in [0.25, 0.3) is 11.1 Å². The van der Waals surface area contributed by atoms with E-state index in [2.05, 4.69) is 71.7 Å². The maximum absolute atomic E-state index is 6.01. The van der Waals surface area contributed by atoms with Crippen LogP contribution in [0.5, 0.6) is 5.75 Å². The van der Waals surface area contributed by atoms with E-state index in [0.717, 1.165) is 29.2 Å². The molecule has 0 heterocycles. The van der Waals surface area contributed by atoms with E-state index < -0.39 is 0 Å². The van der Waals surface area contributed by atoms with Gasteiger partial charge in [0, 0.05) is 0 Å². The van der Waals surface area contributed by atoms with Gasteiger partial charge in [-0.1, -0.05) is 88.6 Å². The third-order valence-corrected chi connectivity index (χ3v) is 7.24. The van der Waals surface area contributed by atoms with Crippen molar-refractivity contribution in [1.82, 2.24) is 0 Å². The number of benzene rings is 2. The standard InChI is InChI=1S/C29H40BrO/c1-2-3-4-5-6-7-11-22-31-29-21-20-27(23-28(29)30)26-18-16-25(17-19-26)15-14-24-12-9-8-10-13-24/h8,16-21,23-24H,2-7,9-15,22H2,1H3. The Bertz CT molecular complexity index is 746. The van der Waals surface area contributed by atoms with Crippen LogP contribution < -0.4 is 4.74 Å². The lowest BCUT2D eigenvalue weighted by Gasteiger charge is -2.21. The molecule has 0 bridgehead atoms. The molecule has 2 aromatic rings. The van der Waals surface area contributed by atoms with E-state index in [1.54, 1.807) is 0 Å². The first-order valence-corrected chi connectivity index (χ1v) is 13.4. The molecule has 2 aromatic carbocycles. The minimum absolute atomic E-state index is 0.805. The summed E-state index contributed by atoms with van der Waals surface area (Å²) in [7, 11) is 0. The normalized spacial score (nSPS) is 14.6. The highest BCUT2D eigenvalue weighted by molar-refractivity contribution is 9.10. The van der Waals surface area contributed by atoms with Crippen molar-refractivity contribution >= 4 is 15.9 Å². The first-order valence-electron chi connectivity index (χ1n) is 12.6. The van der Waals surface area contributed by atoms with Gasteiger partial charge in [-0.2, -0.15) is 0 Å². The summed E-state index contributed by atoms with van der Waals surface area (Å²) in [5.41, 5.74) is 3.98. The number of halogens is 1. The molecule has 2 heteroatoms. The van der Waals surface area contributed by atoms with E-state index in [1.807, 2.05) is 0 Å². The SMILES string of the molecule is CCCCCCCCCOc1ccc(-c2ccc(CCC3CC[CH]CC3)cc2)cc1Br. The fourth-order valence-corrected chi connectivity index (χ4v) is 5.05. The van der Waals surface area contributed by atoms with E-state index in [1.165, 1.54) is 93.7 Å². The van der Waals surface area contributed by atoms with Crippen molar-refractivity contribution < 1.29 is 4.74 Å². The van der Waals surface area contributed by atoms with Crippen LogP contribution in [0.2, 0.25) is 0 Å². The molecule has 0 amide bonds. The fourth-order valence-electron chi connectivity index (χ4n) is 4.56. The molecule has 0 saturated heterocycles. The second-order valence-corrected chi connectivity index (χ2v) is 10.0. The maximum atomic E-state index is 6.01. The Balaban J connectivity index is 1.42. The second-order valence-electron chi connectivity index (χ2n) is 9.16. The molecule has 169 valence electrons. The third-order valence-electron chi connectivity index (χ3n) is 6.62. The lowest BCUT2D eigenvalue weighted by Crippen LogP contribution is -2.07. The average Bonchev–Trinajstić information content (AvgIpc) is 2.81. The Kier molecular flexibility index (Phi) is 11.0. The molecule has 1 fully saturated rings. The van der Waals surface area contributed by atoms with Gasteiger partial charge in [-0.15, -0.1) is 0 Å². The van der Waals surface area contributed by atoms with Crippen LogP contribution in [0.1, 0.15) is 89.5 Å². The molecule has 0 spiro atoms. The highest BCUT2D eigenvalue weighted by Gasteiger charge is 2.13. The van der Waals surface area contributed by atoms with E-state index in [0.29, 0.717) is 0 Å². The molecule has 1 aliphatic carbocycles. The van der Waals surface area contributed by atoms with Gasteiger partial charge < -0.3 is 4.74 Å². The second kappa shape index (κ2) is 14.0. The molecule has 1 saturated carbocycles. The van der Waals surface area contributed by atoms with Crippen molar-refractivity contribution in [3.63, 3.8) is 0 Å². The Morgan fingerprint density at radius 2 is 1.52 bits per heavy atom. The number of hydrogen-bond acceptors (Lipinski definition) is 1. The molecule has 1 aliphatic rings. The van der Waals surface area contributed by atoms with Gasteiger partial charge >= 0.3 is 0 Å². The molecule has 0 N–H and O–H groups in total. The van der Waals surface area contributed by atoms with Crippen LogP contribution >= 0.6 is 15.9 Å². The molecular weight excluding hydrogens is 444 g/mol. The smallest absolute Gasteiger partial charge is 0.133 e. The topological polar surface area (TPSA) is 9.23 Å². The highest BCUT2D eigenvalue weighted by Crippen LogP contribution is 2.32. The van der Waals surface area contributed by atoms with Crippen LogP contribution in [-0.2, 0) is 6.42 Å². The molecule has 0 aliphatic heterocycles. The molecule has 1 radical (unpaired) electrons. The van der Waals surface area contributed by atoms with Crippen LogP contribution in [0.15, 0.2) is 46.9 Å². The molecular formula is C29H40BrO. The number of rotatable bonds is 13. The predicted octanol–water partition coefficient (Wildman–Crippen LogP) is 9.57. The van der Waals surface area contributed by atoms with Crippen molar-refractivity contribution in [3.05, 3.63) is 58.9 Å². The summed E-state index contributed by atoms with van der Waals surface area (Å²) in [6.45, 7) is 3.07. The number of unbranched alkanes of at least 4 members (excludes halogenated alkanes) is 6. The summed E-state index contributed by atoms with van der Waals surface area (Å²) in [6, 6.07) is 15.6. The van der Waals surface area contributed by atoms with E-state index in [9.17, 15) is 0 Å². The first-order chi connectivity index (χ1) is 15.3. The molecule has 0 atom stereocenters. The van der Waals surface area contributed by atoms with E-state index in [4.69, 9.17) is 4.74 Å². The van der Waals surface area contributed by atoms with Gasteiger partial charge in [0.1, 0.15) is 5.75 Å². The van der Waals surface area contributed by atoms with Crippen LogP contribution in [0.4, 0.5) is 0 Å². The van der Waals surface area contributed by atoms with Crippen molar-refractivity contribution in [2.45, 2.75) is 90.4 Å². The Hall–Kier alpha value is -1.28. The van der Waals surface area contributed by atoms with Gasteiger partial charge in [0.25, 0.3) is 0 Å². The zero-order valence-electron chi connectivity index (χ0n) is 19.4. The summed E-state index contributed by atoms with van der Waals surface area (Å²) >= 11 is 3.71. The molecule has 3 rings (SSSR count). The summed E-state index contributed by atoms with van der Waals surface area (Å²) in [6.07, 6.45) is 19.6. The minimum Gasteiger partial charge on any atom is -0.492 e. The van der Waals surface area contributed by atoms with Gasteiger partial charge in [0.15, 0.2) is 0 Å². The number of ether oxygens (including phenoxy) is 1. The number of aryl methyl sites for hydroxylation is 1. The van der Waals surface area contributed by atoms with Gasteiger partial charge in [-0.3, -0.25) is 0 Å². The summed E-state index contributed by atoms with van der Waals surface area (Å²) in [4.78, 5) is 0. The Morgan fingerprint density at radius 1 is 0.839 bits per heavy atom. The molecule has 0 unspecified atom stereocenters. The summed E-state index contributed by atoms with van der Waals surface area (Å²) in [5, 5.41) is 0. The van der Waals surface area contributed by atoms with Crippen molar-refractivity contribution in [3.8, 4) is 16.9 Å². The van der Waals surface area contributed by atoms with E-state index in [-0.39, 0.29) is 0 Å². The van der Waals surface area contributed by atoms with Gasteiger partial charge in [-0.25, -0.2) is 0 Å². The summed E-state index contributed by atoms with van der Waals surface area (Å²) < 4.78 is 7.06. The average molecular weight is 485 g/mol. The first kappa shape index (κ1) is 24.4. The van der Waals surface area contributed by atoms with Gasteiger partial charge in [0.2, 0.25) is 0 Å². The van der Waals surface area contributed by atoms with Gasteiger partial charge in [0.05, 0.1) is 11.1 Å². The van der Waals surface area contributed by atoms with Crippen molar-refractivity contribution in [2.75, 3.05) is 6.61 Å². The van der Waals surface area contributed by atoms with Crippen LogP contribution in [-0.4, -0.2) is 6.61 Å². The Labute approximate surface area is 199 Å². The fraction of sp³-hybridized carbons (Fsp3) is 0.552. The Morgan fingerprint density at radius 3 is 2.23 bits per heavy atom. The quantitative estimate of drug-likeness (QED) is 0.257. The monoisotopic (exact) mass is 483 g/mol. The highest BCUT2D eigenvalue weighted by atomic mass is 79.9. The predicted molar refractivity (Wildman–Crippen MR) is 138 cm³/mol. The third kappa shape index (κ3) is 8.64.